The summed E-state index contributed by atoms with van der Waals surface area (Å²) in [5.41, 5.74) is 4.78. The Morgan fingerprint density at radius 2 is 1.86 bits per heavy atom. The number of carbonyl (C=O) groups excluding carboxylic acids is 1. The van der Waals surface area contributed by atoms with Gasteiger partial charge in [-0.1, -0.05) is 17.7 Å². The number of aryl methyl sites for hydroxylation is 3. The summed E-state index contributed by atoms with van der Waals surface area (Å²) in [6.07, 6.45) is 1.93. The number of aliphatic hydroxyl groups excluding tert-OH is 1. The third kappa shape index (κ3) is 5.25. The number of aliphatic hydroxyl groups is 1. The molecule has 2 atom stereocenters. The van der Waals surface area contributed by atoms with E-state index >= 15 is 0 Å². The Morgan fingerprint density at radius 1 is 1.29 bits per heavy atom. The SMILES string of the molecule is CSC(CO)C(C)NC(=O)NCc1c(C)cc(C)cc1C. The minimum Gasteiger partial charge on any atom is -0.395 e. The Kier molecular flexibility index (Phi) is 7.05. The summed E-state index contributed by atoms with van der Waals surface area (Å²) < 4.78 is 0. The molecule has 0 spiro atoms. The van der Waals surface area contributed by atoms with E-state index in [9.17, 15) is 9.90 Å². The molecule has 0 fully saturated rings. The molecule has 0 aromatic heterocycles. The first-order valence-corrected chi connectivity index (χ1v) is 8.42. The van der Waals surface area contributed by atoms with E-state index < -0.39 is 0 Å². The summed E-state index contributed by atoms with van der Waals surface area (Å²) in [7, 11) is 0. The van der Waals surface area contributed by atoms with Crippen LogP contribution < -0.4 is 10.6 Å². The molecule has 0 saturated carbocycles. The van der Waals surface area contributed by atoms with E-state index in [4.69, 9.17) is 0 Å². The lowest BCUT2D eigenvalue weighted by atomic mass is 10.00. The summed E-state index contributed by atoms with van der Waals surface area (Å²) in [5, 5.41) is 15.0. The zero-order valence-electron chi connectivity index (χ0n) is 13.5. The molecule has 0 aliphatic rings. The van der Waals surface area contributed by atoms with Gasteiger partial charge in [0.05, 0.1) is 6.61 Å². The maximum atomic E-state index is 11.9. The fourth-order valence-corrected chi connectivity index (χ4v) is 3.07. The number of hydrogen-bond donors (Lipinski definition) is 3. The van der Waals surface area contributed by atoms with E-state index in [1.165, 1.54) is 16.7 Å². The number of thioether (sulfide) groups is 1. The Hall–Kier alpha value is -1.20. The second kappa shape index (κ2) is 8.29. The van der Waals surface area contributed by atoms with Crippen LogP contribution >= 0.6 is 11.8 Å². The molecule has 0 aliphatic heterocycles. The standard InChI is InChI=1S/C16H26N2O2S/c1-10-6-11(2)14(12(3)7-10)8-17-16(20)18-13(4)15(9-19)21-5/h6-7,13,15,19H,8-9H2,1-5H3,(H2,17,18,20). The van der Waals surface area contributed by atoms with Crippen LogP contribution in [-0.4, -0.2) is 35.3 Å². The topological polar surface area (TPSA) is 61.4 Å². The van der Waals surface area contributed by atoms with Gasteiger partial charge in [0.2, 0.25) is 0 Å². The molecular formula is C16H26N2O2S. The van der Waals surface area contributed by atoms with Crippen molar-refractivity contribution in [3.8, 4) is 0 Å². The van der Waals surface area contributed by atoms with E-state index in [0.29, 0.717) is 6.54 Å². The van der Waals surface area contributed by atoms with Crippen LogP contribution in [0.15, 0.2) is 12.1 Å². The second-order valence-corrected chi connectivity index (χ2v) is 6.53. The number of amides is 2. The third-order valence-electron chi connectivity index (χ3n) is 3.67. The lowest BCUT2D eigenvalue weighted by Crippen LogP contribution is -2.46. The van der Waals surface area contributed by atoms with Crippen molar-refractivity contribution in [1.29, 1.82) is 0 Å². The maximum absolute atomic E-state index is 11.9. The second-order valence-electron chi connectivity index (χ2n) is 5.45. The summed E-state index contributed by atoms with van der Waals surface area (Å²) in [4.78, 5) is 11.9. The number of benzene rings is 1. The predicted molar refractivity (Wildman–Crippen MR) is 89.9 cm³/mol. The number of hydrogen-bond acceptors (Lipinski definition) is 3. The fourth-order valence-electron chi connectivity index (χ4n) is 2.44. The van der Waals surface area contributed by atoms with Crippen molar-refractivity contribution in [1.82, 2.24) is 10.6 Å². The summed E-state index contributed by atoms with van der Waals surface area (Å²) in [6.45, 7) is 8.67. The molecule has 0 heterocycles. The fraction of sp³-hybridized carbons (Fsp3) is 0.562. The van der Waals surface area contributed by atoms with Gasteiger partial charge in [-0.2, -0.15) is 11.8 Å². The molecule has 3 N–H and O–H groups in total. The van der Waals surface area contributed by atoms with Gasteiger partial charge < -0.3 is 15.7 Å². The van der Waals surface area contributed by atoms with Crippen molar-refractivity contribution in [2.75, 3.05) is 12.9 Å². The van der Waals surface area contributed by atoms with Gasteiger partial charge in [-0.25, -0.2) is 4.79 Å². The van der Waals surface area contributed by atoms with Crippen LogP contribution in [0.3, 0.4) is 0 Å². The van der Waals surface area contributed by atoms with Crippen molar-refractivity contribution in [3.05, 3.63) is 34.4 Å². The minimum atomic E-state index is -0.200. The summed E-state index contributed by atoms with van der Waals surface area (Å²) in [5.74, 6) is 0. The highest BCUT2D eigenvalue weighted by Crippen LogP contribution is 2.16. The van der Waals surface area contributed by atoms with Gasteiger partial charge in [0.1, 0.15) is 0 Å². The highest BCUT2D eigenvalue weighted by Gasteiger charge is 2.17. The van der Waals surface area contributed by atoms with E-state index in [1.807, 2.05) is 13.2 Å². The van der Waals surface area contributed by atoms with Crippen LogP contribution in [0.5, 0.6) is 0 Å². The zero-order chi connectivity index (χ0) is 16.0. The summed E-state index contributed by atoms with van der Waals surface area (Å²) >= 11 is 1.55. The summed E-state index contributed by atoms with van der Waals surface area (Å²) in [6, 6.07) is 3.97. The van der Waals surface area contributed by atoms with Crippen molar-refractivity contribution in [2.45, 2.75) is 45.5 Å². The molecule has 118 valence electrons. The normalized spacial score (nSPS) is 13.6. The van der Waals surface area contributed by atoms with Crippen molar-refractivity contribution in [2.24, 2.45) is 0 Å². The average molecular weight is 310 g/mol. The smallest absolute Gasteiger partial charge is 0.315 e. The van der Waals surface area contributed by atoms with Gasteiger partial charge in [-0.3, -0.25) is 0 Å². The van der Waals surface area contributed by atoms with E-state index in [2.05, 4.69) is 43.5 Å². The molecule has 1 aromatic carbocycles. The molecule has 2 amide bonds. The number of nitrogens with one attached hydrogen (secondary N) is 2. The van der Waals surface area contributed by atoms with Crippen LogP contribution in [0.4, 0.5) is 4.79 Å². The number of rotatable bonds is 6. The molecular weight excluding hydrogens is 284 g/mol. The van der Waals surface area contributed by atoms with Gasteiger partial charge in [-0.05, 0) is 50.6 Å². The molecule has 0 saturated heterocycles. The molecule has 4 nitrogen and oxygen atoms in total. The molecule has 0 aliphatic carbocycles. The first kappa shape index (κ1) is 17.9. The van der Waals surface area contributed by atoms with Crippen molar-refractivity contribution < 1.29 is 9.90 Å². The lowest BCUT2D eigenvalue weighted by Gasteiger charge is -2.21. The molecule has 0 radical (unpaired) electrons. The number of carbonyl (C=O) groups is 1. The van der Waals surface area contributed by atoms with Gasteiger partial charge >= 0.3 is 6.03 Å². The van der Waals surface area contributed by atoms with Gasteiger partial charge in [-0.15, -0.1) is 0 Å². The largest absolute Gasteiger partial charge is 0.395 e. The molecule has 5 heteroatoms. The highest BCUT2D eigenvalue weighted by molar-refractivity contribution is 7.99. The lowest BCUT2D eigenvalue weighted by molar-refractivity contribution is 0.232. The average Bonchev–Trinajstić information content (AvgIpc) is 2.38. The van der Waals surface area contributed by atoms with E-state index in [0.717, 1.165) is 5.56 Å². The van der Waals surface area contributed by atoms with Crippen LogP contribution in [0.25, 0.3) is 0 Å². The maximum Gasteiger partial charge on any atom is 0.315 e. The third-order valence-corrected chi connectivity index (χ3v) is 4.83. The molecule has 1 rings (SSSR count). The Morgan fingerprint density at radius 3 is 2.33 bits per heavy atom. The van der Waals surface area contributed by atoms with Crippen LogP contribution in [0.2, 0.25) is 0 Å². The van der Waals surface area contributed by atoms with Crippen LogP contribution in [-0.2, 0) is 6.54 Å². The first-order valence-electron chi connectivity index (χ1n) is 7.13. The van der Waals surface area contributed by atoms with E-state index in [1.54, 1.807) is 11.8 Å². The predicted octanol–water partition coefficient (Wildman–Crippen LogP) is 2.52. The van der Waals surface area contributed by atoms with Crippen molar-refractivity contribution >= 4 is 17.8 Å². The Balaban J connectivity index is 2.58. The molecule has 0 bridgehead atoms. The number of urea groups is 1. The van der Waals surface area contributed by atoms with Gasteiger partial charge in [0.15, 0.2) is 0 Å². The first-order chi connectivity index (χ1) is 9.88. The van der Waals surface area contributed by atoms with Crippen molar-refractivity contribution in [3.63, 3.8) is 0 Å². The monoisotopic (exact) mass is 310 g/mol. The quantitative estimate of drug-likeness (QED) is 0.756. The van der Waals surface area contributed by atoms with Crippen LogP contribution in [0, 0.1) is 20.8 Å². The molecule has 1 aromatic rings. The van der Waals surface area contributed by atoms with Crippen LogP contribution in [0.1, 0.15) is 29.2 Å². The minimum absolute atomic E-state index is 0.0126. The molecule has 2 unspecified atom stereocenters. The zero-order valence-corrected chi connectivity index (χ0v) is 14.3. The highest BCUT2D eigenvalue weighted by atomic mass is 32.2. The van der Waals surface area contributed by atoms with E-state index in [-0.39, 0.29) is 23.9 Å². The Bertz CT molecular complexity index is 464. The van der Waals surface area contributed by atoms with Gasteiger partial charge in [0.25, 0.3) is 0 Å². The Labute approximate surface area is 131 Å². The van der Waals surface area contributed by atoms with Gasteiger partial charge in [0, 0.05) is 17.8 Å². The molecule has 21 heavy (non-hydrogen) atoms.